The van der Waals surface area contributed by atoms with Crippen LogP contribution in [0, 0.1) is 5.92 Å². The molecule has 0 aliphatic carbocycles. The van der Waals surface area contributed by atoms with E-state index in [-0.39, 0.29) is 36.3 Å². The highest BCUT2D eigenvalue weighted by molar-refractivity contribution is 5.94. The molecule has 0 unspecified atom stereocenters. The molecule has 180 valence electrons. The molecule has 3 aromatic rings. The molecule has 0 aliphatic rings. The molecule has 0 atom stereocenters. The van der Waals surface area contributed by atoms with E-state index in [9.17, 15) is 9.59 Å². The minimum atomic E-state index is -0.286. The van der Waals surface area contributed by atoms with E-state index in [0.29, 0.717) is 18.1 Å². The Morgan fingerprint density at radius 3 is 2.24 bits per heavy atom. The second kappa shape index (κ2) is 11.0. The summed E-state index contributed by atoms with van der Waals surface area (Å²) in [6.45, 7) is 10.5. The van der Waals surface area contributed by atoms with E-state index in [0.717, 1.165) is 11.4 Å². The number of carbonyl (C=O) groups excluding carboxylic acids is 2. The first-order valence-corrected chi connectivity index (χ1v) is 11.5. The zero-order valence-electron chi connectivity index (χ0n) is 20.6. The van der Waals surface area contributed by atoms with Crippen LogP contribution in [-0.4, -0.2) is 46.2 Å². The van der Waals surface area contributed by atoms with Gasteiger partial charge in [-0.15, -0.1) is 0 Å². The molecule has 0 radical (unpaired) electrons. The van der Waals surface area contributed by atoms with E-state index in [1.807, 2.05) is 68.4 Å². The Balaban J connectivity index is 1.74. The van der Waals surface area contributed by atoms with Crippen molar-refractivity contribution in [1.29, 1.82) is 0 Å². The van der Waals surface area contributed by atoms with Crippen LogP contribution in [0.25, 0.3) is 5.69 Å². The van der Waals surface area contributed by atoms with Crippen LogP contribution in [0.5, 0.6) is 5.75 Å². The summed E-state index contributed by atoms with van der Waals surface area (Å²) in [6.07, 6.45) is 0. The van der Waals surface area contributed by atoms with Gasteiger partial charge in [0.15, 0.2) is 6.61 Å². The summed E-state index contributed by atoms with van der Waals surface area (Å²) >= 11 is 0. The van der Waals surface area contributed by atoms with E-state index < -0.39 is 0 Å². The minimum absolute atomic E-state index is 0.0695. The third-order valence-electron chi connectivity index (χ3n) is 5.12. The van der Waals surface area contributed by atoms with Gasteiger partial charge in [-0.25, -0.2) is 4.68 Å². The lowest BCUT2D eigenvalue weighted by Crippen LogP contribution is -2.42. The average molecular weight is 463 g/mol. The maximum Gasteiger partial charge on any atom is 0.260 e. The number of rotatable bonds is 9. The van der Waals surface area contributed by atoms with Crippen LogP contribution in [0.3, 0.4) is 0 Å². The first kappa shape index (κ1) is 25.0. The Morgan fingerprint density at radius 2 is 1.65 bits per heavy atom. The van der Waals surface area contributed by atoms with Gasteiger partial charge in [0.05, 0.1) is 11.4 Å². The molecule has 0 saturated carbocycles. The second-order valence-corrected chi connectivity index (χ2v) is 9.73. The van der Waals surface area contributed by atoms with Crippen molar-refractivity contribution in [2.24, 2.45) is 5.92 Å². The fraction of sp³-hybridized carbons (Fsp3) is 0.370. The summed E-state index contributed by atoms with van der Waals surface area (Å²) in [7, 11) is 0. The SMILES string of the molecule is CC(C)CN(CC(=O)Nc1cc(C(C)(C)C)nn1-c1ccccc1)C(=O)COc1ccccc1. The van der Waals surface area contributed by atoms with Crippen LogP contribution in [0.15, 0.2) is 66.7 Å². The number of ether oxygens (including phenoxy) is 1. The highest BCUT2D eigenvalue weighted by Gasteiger charge is 2.23. The van der Waals surface area contributed by atoms with E-state index in [1.54, 1.807) is 16.8 Å². The average Bonchev–Trinajstić information content (AvgIpc) is 3.22. The van der Waals surface area contributed by atoms with Gasteiger partial charge in [-0.3, -0.25) is 9.59 Å². The molecule has 1 N–H and O–H groups in total. The molecule has 7 heteroatoms. The van der Waals surface area contributed by atoms with E-state index >= 15 is 0 Å². The summed E-state index contributed by atoms with van der Waals surface area (Å²) < 4.78 is 7.34. The topological polar surface area (TPSA) is 76.5 Å². The van der Waals surface area contributed by atoms with Crippen molar-refractivity contribution in [3.05, 3.63) is 72.4 Å². The molecule has 1 heterocycles. The Morgan fingerprint density at radius 1 is 1.03 bits per heavy atom. The lowest BCUT2D eigenvalue weighted by molar-refractivity contribution is -0.137. The number of para-hydroxylation sites is 2. The lowest BCUT2D eigenvalue weighted by atomic mass is 9.92. The number of nitrogens with one attached hydrogen (secondary N) is 1. The van der Waals surface area contributed by atoms with Crippen molar-refractivity contribution in [3.8, 4) is 11.4 Å². The van der Waals surface area contributed by atoms with E-state index in [2.05, 4.69) is 26.1 Å². The third kappa shape index (κ3) is 6.94. The fourth-order valence-corrected chi connectivity index (χ4v) is 3.41. The monoisotopic (exact) mass is 462 g/mol. The Hall–Kier alpha value is -3.61. The zero-order chi connectivity index (χ0) is 24.7. The molecule has 0 bridgehead atoms. The first-order valence-electron chi connectivity index (χ1n) is 11.5. The van der Waals surface area contributed by atoms with Gasteiger partial charge >= 0.3 is 0 Å². The molecule has 0 fully saturated rings. The van der Waals surface area contributed by atoms with Crippen molar-refractivity contribution in [3.63, 3.8) is 0 Å². The van der Waals surface area contributed by atoms with Crippen molar-refractivity contribution in [2.75, 3.05) is 25.0 Å². The predicted octanol–water partition coefficient (Wildman–Crippen LogP) is 4.67. The van der Waals surface area contributed by atoms with Crippen molar-refractivity contribution in [2.45, 2.75) is 40.0 Å². The largest absolute Gasteiger partial charge is 0.484 e. The quantitative estimate of drug-likeness (QED) is 0.501. The molecule has 0 spiro atoms. The van der Waals surface area contributed by atoms with Crippen LogP contribution in [0.2, 0.25) is 0 Å². The standard InChI is InChI=1S/C27H34N4O3/c1-20(2)17-30(26(33)19-34-22-14-10-7-11-15-22)18-25(32)28-24-16-23(27(3,4)5)29-31(24)21-12-8-6-9-13-21/h6-16,20H,17-19H2,1-5H3,(H,28,32). The number of amides is 2. The Kier molecular flexibility index (Phi) is 8.10. The molecular weight excluding hydrogens is 428 g/mol. The van der Waals surface area contributed by atoms with Gasteiger partial charge in [-0.1, -0.05) is 71.0 Å². The maximum atomic E-state index is 13.0. The third-order valence-corrected chi connectivity index (χ3v) is 5.12. The summed E-state index contributed by atoms with van der Waals surface area (Å²) in [5.41, 5.74) is 1.52. The zero-order valence-corrected chi connectivity index (χ0v) is 20.6. The van der Waals surface area contributed by atoms with Crippen LogP contribution >= 0.6 is 0 Å². The Bertz CT molecular complexity index is 1090. The van der Waals surface area contributed by atoms with Gasteiger partial charge in [0.1, 0.15) is 18.1 Å². The number of hydrogen-bond acceptors (Lipinski definition) is 4. The summed E-state index contributed by atoms with van der Waals surface area (Å²) in [5.74, 6) is 0.867. The van der Waals surface area contributed by atoms with Gasteiger partial charge in [-0.05, 0) is 30.2 Å². The summed E-state index contributed by atoms with van der Waals surface area (Å²) in [4.78, 5) is 27.4. The van der Waals surface area contributed by atoms with Crippen molar-refractivity contribution in [1.82, 2.24) is 14.7 Å². The summed E-state index contributed by atoms with van der Waals surface area (Å²) in [6, 6.07) is 20.7. The summed E-state index contributed by atoms with van der Waals surface area (Å²) in [5, 5.41) is 7.69. The number of hydrogen-bond donors (Lipinski definition) is 1. The Labute approximate surface area is 201 Å². The van der Waals surface area contributed by atoms with Crippen LogP contribution in [0.4, 0.5) is 5.82 Å². The number of aromatic nitrogens is 2. The van der Waals surface area contributed by atoms with Crippen LogP contribution < -0.4 is 10.1 Å². The lowest BCUT2D eigenvalue weighted by Gasteiger charge is -2.24. The molecular formula is C27H34N4O3. The minimum Gasteiger partial charge on any atom is -0.484 e. The smallest absolute Gasteiger partial charge is 0.260 e. The van der Waals surface area contributed by atoms with Gasteiger partial charge in [0, 0.05) is 18.0 Å². The molecule has 1 aromatic heterocycles. The number of anilines is 1. The molecule has 0 saturated heterocycles. The van der Waals surface area contributed by atoms with E-state index in [1.165, 1.54) is 4.90 Å². The van der Waals surface area contributed by atoms with Crippen LogP contribution in [-0.2, 0) is 15.0 Å². The van der Waals surface area contributed by atoms with Gasteiger partial charge < -0.3 is 15.0 Å². The van der Waals surface area contributed by atoms with Gasteiger partial charge in [0.25, 0.3) is 5.91 Å². The maximum absolute atomic E-state index is 13.0. The number of benzene rings is 2. The fourth-order valence-electron chi connectivity index (χ4n) is 3.41. The number of carbonyl (C=O) groups is 2. The van der Waals surface area contributed by atoms with E-state index in [4.69, 9.17) is 9.84 Å². The highest BCUT2D eigenvalue weighted by atomic mass is 16.5. The first-order chi connectivity index (χ1) is 16.1. The molecule has 34 heavy (non-hydrogen) atoms. The van der Waals surface area contributed by atoms with Gasteiger partial charge in [-0.2, -0.15) is 5.10 Å². The van der Waals surface area contributed by atoms with Crippen molar-refractivity contribution >= 4 is 17.6 Å². The normalized spacial score (nSPS) is 11.4. The molecule has 2 aromatic carbocycles. The second-order valence-electron chi connectivity index (χ2n) is 9.73. The molecule has 3 rings (SSSR count). The van der Waals surface area contributed by atoms with Gasteiger partial charge in [0.2, 0.25) is 5.91 Å². The predicted molar refractivity (Wildman–Crippen MR) is 134 cm³/mol. The molecule has 7 nitrogen and oxygen atoms in total. The van der Waals surface area contributed by atoms with Crippen LogP contribution in [0.1, 0.15) is 40.3 Å². The number of nitrogens with zero attached hydrogens (tertiary/aromatic N) is 3. The highest BCUT2D eigenvalue weighted by Crippen LogP contribution is 2.26. The molecule has 0 aliphatic heterocycles. The molecule has 2 amide bonds. The van der Waals surface area contributed by atoms with Crippen molar-refractivity contribution < 1.29 is 14.3 Å².